The summed E-state index contributed by atoms with van der Waals surface area (Å²) in [7, 11) is 6.59. The molecule has 244 valence electrons. The number of methoxy groups -OCH3 is 4. The van der Waals surface area contributed by atoms with E-state index in [0.717, 1.165) is 54.9 Å². The number of fused-ring (bicyclic) bond motifs is 2. The van der Waals surface area contributed by atoms with Gasteiger partial charge in [0.2, 0.25) is 9.92 Å². The number of benzene rings is 4. The van der Waals surface area contributed by atoms with Crippen molar-refractivity contribution in [3.63, 3.8) is 0 Å². The summed E-state index contributed by atoms with van der Waals surface area (Å²) < 4.78 is 25.7. The van der Waals surface area contributed by atoms with E-state index in [9.17, 15) is 0 Å². The van der Waals surface area contributed by atoms with Crippen LogP contribution >= 0.6 is 22.7 Å². The molecule has 0 amide bonds. The summed E-state index contributed by atoms with van der Waals surface area (Å²) in [4.78, 5) is 1.37. The van der Waals surface area contributed by atoms with E-state index < -0.39 is 0 Å². The molecule has 0 saturated carbocycles. The van der Waals surface area contributed by atoms with Crippen LogP contribution in [0, 0.1) is 0 Å². The predicted molar refractivity (Wildman–Crippen MR) is 188 cm³/mol. The molecule has 8 rings (SSSR count). The van der Waals surface area contributed by atoms with Crippen molar-refractivity contribution in [3.8, 4) is 66.9 Å². The van der Waals surface area contributed by atoms with E-state index in [1.165, 1.54) is 22.7 Å². The highest BCUT2D eigenvalue weighted by atomic mass is 32.1. The highest BCUT2D eigenvalue weighted by Crippen LogP contribution is 2.36. The van der Waals surface area contributed by atoms with Crippen molar-refractivity contribution in [3.05, 3.63) is 96.1 Å². The molecule has 4 heterocycles. The lowest BCUT2D eigenvalue weighted by molar-refractivity contribution is 0.415. The first-order chi connectivity index (χ1) is 24.0. The van der Waals surface area contributed by atoms with E-state index in [1.54, 1.807) is 37.5 Å². The van der Waals surface area contributed by atoms with Crippen LogP contribution in [0.5, 0.6) is 23.0 Å². The van der Waals surface area contributed by atoms with Crippen molar-refractivity contribution in [2.45, 2.75) is 6.42 Å². The van der Waals surface area contributed by atoms with Gasteiger partial charge in [-0.05, 0) is 90.3 Å². The maximum Gasteiger partial charge on any atom is 0.235 e. The average Bonchev–Trinajstić information content (AvgIpc) is 3.94. The maximum atomic E-state index is 5.76. The van der Waals surface area contributed by atoms with E-state index in [4.69, 9.17) is 29.1 Å². The monoisotopic (exact) mass is 688 g/mol. The summed E-state index contributed by atoms with van der Waals surface area (Å²) in [6, 6.07) is 27.7. The summed E-state index contributed by atoms with van der Waals surface area (Å²) >= 11 is 2.94. The molecule has 0 radical (unpaired) electrons. The minimum absolute atomic E-state index is 0.599. The highest BCUT2D eigenvalue weighted by molar-refractivity contribution is 7.20. The number of aromatic nitrogens is 8. The Morgan fingerprint density at radius 2 is 0.939 bits per heavy atom. The van der Waals surface area contributed by atoms with E-state index in [-0.39, 0.29) is 0 Å². The largest absolute Gasteiger partial charge is 0.497 e. The Labute approximate surface area is 288 Å². The Hall–Kier alpha value is -5.86. The van der Waals surface area contributed by atoms with Gasteiger partial charge in [-0.3, -0.25) is 0 Å². The fraction of sp³-hybridized carbons (Fsp3) is 0.143. The third-order valence-corrected chi connectivity index (χ3v) is 9.97. The standard InChI is InChI=1S/C35H28N8O4S2/c1-44-24-11-7-22(8-12-24)32-40-42-30(36-38-34(42)48-32)26-18-20(5-15-28(26)46-3)17-21-6-16-29(47-4)27(19-21)31-37-39-35-43(31)41-33(49-35)23-9-13-25(45-2)14-10-23/h5-16,18-19H,17H2,1-4H3. The summed E-state index contributed by atoms with van der Waals surface area (Å²) in [5.41, 5.74) is 5.63. The molecular weight excluding hydrogens is 661 g/mol. The van der Waals surface area contributed by atoms with Crippen LogP contribution in [0.1, 0.15) is 11.1 Å². The van der Waals surface area contributed by atoms with Crippen LogP contribution in [0.2, 0.25) is 0 Å². The van der Waals surface area contributed by atoms with Crippen LogP contribution in [-0.4, -0.2) is 68.1 Å². The molecule has 8 aromatic rings. The fourth-order valence-corrected chi connectivity index (χ4v) is 7.28. The topological polar surface area (TPSA) is 123 Å². The molecule has 0 saturated heterocycles. The molecule has 4 aromatic heterocycles. The molecule has 49 heavy (non-hydrogen) atoms. The van der Waals surface area contributed by atoms with E-state index >= 15 is 0 Å². The van der Waals surface area contributed by atoms with Gasteiger partial charge in [0.15, 0.2) is 11.6 Å². The molecular formula is C35H28N8O4S2. The summed E-state index contributed by atoms with van der Waals surface area (Å²) in [6.07, 6.45) is 0.625. The molecule has 0 bridgehead atoms. The molecule has 12 nitrogen and oxygen atoms in total. The molecule has 0 atom stereocenters. The van der Waals surface area contributed by atoms with E-state index in [2.05, 4.69) is 32.5 Å². The first-order valence-corrected chi connectivity index (χ1v) is 16.8. The van der Waals surface area contributed by atoms with Crippen LogP contribution in [0.3, 0.4) is 0 Å². The molecule has 0 aliphatic rings. The van der Waals surface area contributed by atoms with Gasteiger partial charge in [-0.2, -0.15) is 19.2 Å². The minimum atomic E-state index is 0.599. The summed E-state index contributed by atoms with van der Waals surface area (Å²) in [6.45, 7) is 0. The maximum absolute atomic E-state index is 5.76. The molecule has 4 aromatic carbocycles. The lowest BCUT2D eigenvalue weighted by atomic mass is 9.99. The van der Waals surface area contributed by atoms with Gasteiger partial charge in [-0.25, -0.2) is 0 Å². The number of hydrogen-bond acceptors (Lipinski definition) is 12. The van der Waals surface area contributed by atoms with Gasteiger partial charge in [0.25, 0.3) is 0 Å². The molecule has 0 unspecified atom stereocenters. The molecule has 0 aliphatic carbocycles. The molecule has 0 fully saturated rings. The van der Waals surface area contributed by atoms with E-state index in [0.29, 0.717) is 39.5 Å². The second-order valence-corrected chi connectivity index (χ2v) is 12.9. The van der Waals surface area contributed by atoms with Crippen LogP contribution in [0.15, 0.2) is 84.9 Å². The number of ether oxygens (including phenoxy) is 4. The lowest BCUT2D eigenvalue weighted by Crippen LogP contribution is -1.99. The van der Waals surface area contributed by atoms with Crippen molar-refractivity contribution in [1.29, 1.82) is 0 Å². The van der Waals surface area contributed by atoms with Gasteiger partial charge < -0.3 is 18.9 Å². The predicted octanol–water partition coefficient (Wildman–Crippen LogP) is 6.98. The SMILES string of the molecule is COc1ccc(-c2nn3c(-c4cc(Cc5ccc(OC)c(-c6nnc7sc(-c8ccc(OC)cc8)nn67)c5)ccc4OC)nnc3s2)cc1. The summed E-state index contributed by atoms with van der Waals surface area (Å²) in [5.74, 6) is 4.12. The Bertz CT molecular complexity index is 2260. The smallest absolute Gasteiger partial charge is 0.235 e. The molecule has 0 aliphatic heterocycles. The van der Waals surface area contributed by atoms with Crippen LogP contribution in [0.4, 0.5) is 0 Å². The minimum Gasteiger partial charge on any atom is -0.497 e. The normalized spacial score (nSPS) is 11.3. The third-order valence-electron chi connectivity index (χ3n) is 8.07. The zero-order valence-electron chi connectivity index (χ0n) is 26.8. The molecule has 0 N–H and O–H groups in total. The van der Waals surface area contributed by atoms with Crippen molar-refractivity contribution in [1.82, 2.24) is 39.6 Å². The van der Waals surface area contributed by atoms with Gasteiger partial charge >= 0.3 is 0 Å². The van der Waals surface area contributed by atoms with Crippen molar-refractivity contribution >= 4 is 32.6 Å². The number of rotatable bonds is 10. The second kappa shape index (κ2) is 12.6. The van der Waals surface area contributed by atoms with Crippen molar-refractivity contribution < 1.29 is 18.9 Å². The van der Waals surface area contributed by atoms with Gasteiger partial charge in [-0.1, -0.05) is 34.8 Å². The first kappa shape index (κ1) is 30.5. The lowest BCUT2D eigenvalue weighted by Gasteiger charge is -2.11. The average molecular weight is 689 g/mol. The van der Waals surface area contributed by atoms with Crippen LogP contribution < -0.4 is 18.9 Å². The second-order valence-electron chi connectivity index (χ2n) is 11.0. The van der Waals surface area contributed by atoms with Crippen LogP contribution in [-0.2, 0) is 6.42 Å². The van der Waals surface area contributed by atoms with Gasteiger partial charge in [0.1, 0.15) is 33.0 Å². The van der Waals surface area contributed by atoms with Gasteiger partial charge in [0.05, 0.1) is 39.6 Å². The van der Waals surface area contributed by atoms with Gasteiger partial charge in [0, 0.05) is 11.1 Å². The van der Waals surface area contributed by atoms with Crippen molar-refractivity contribution in [2.24, 2.45) is 0 Å². The third kappa shape index (κ3) is 5.60. The van der Waals surface area contributed by atoms with Gasteiger partial charge in [-0.15, -0.1) is 20.4 Å². The Morgan fingerprint density at radius 3 is 1.33 bits per heavy atom. The number of nitrogens with zero attached hydrogens (tertiary/aromatic N) is 8. The number of hydrogen-bond donors (Lipinski definition) is 0. The summed E-state index contributed by atoms with van der Waals surface area (Å²) in [5, 5.41) is 29.2. The molecule has 0 spiro atoms. The zero-order valence-corrected chi connectivity index (χ0v) is 28.5. The van der Waals surface area contributed by atoms with E-state index in [1.807, 2.05) is 72.8 Å². The fourth-order valence-electron chi connectivity index (χ4n) is 5.59. The van der Waals surface area contributed by atoms with Crippen molar-refractivity contribution in [2.75, 3.05) is 28.4 Å². The quantitative estimate of drug-likeness (QED) is 0.149. The molecule has 14 heteroatoms. The Balaban J connectivity index is 1.12. The Kier molecular flexibility index (Phi) is 7.86. The first-order valence-electron chi connectivity index (χ1n) is 15.1. The Morgan fingerprint density at radius 1 is 0.510 bits per heavy atom. The zero-order chi connectivity index (χ0) is 33.5. The highest BCUT2D eigenvalue weighted by Gasteiger charge is 2.21. The van der Waals surface area contributed by atoms with Crippen LogP contribution in [0.25, 0.3) is 53.8 Å².